The predicted molar refractivity (Wildman–Crippen MR) is 149 cm³/mol. The lowest BCUT2D eigenvalue weighted by molar-refractivity contribution is -0.141. The van der Waals surface area contributed by atoms with Crippen molar-refractivity contribution in [2.75, 3.05) is 7.05 Å². The van der Waals surface area contributed by atoms with E-state index >= 15 is 0 Å². The van der Waals surface area contributed by atoms with Crippen LogP contribution in [0.5, 0.6) is 0 Å². The van der Waals surface area contributed by atoms with Gasteiger partial charge in [0.15, 0.2) is 5.69 Å². The zero-order valence-corrected chi connectivity index (χ0v) is 23.5. The highest BCUT2D eigenvalue weighted by molar-refractivity contribution is 7.89. The summed E-state index contributed by atoms with van der Waals surface area (Å²) >= 11 is 0. The van der Waals surface area contributed by atoms with Crippen LogP contribution in [0.2, 0.25) is 0 Å². The van der Waals surface area contributed by atoms with Crippen LogP contribution in [0, 0.1) is 13.8 Å². The Morgan fingerprint density at radius 1 is 0.927 bits per heavy atom. The van der Waals surface area contributed by atoms with Gasteiger partial charge in [-0.1, -0.05) is 60.2 Å². The third-order valence-electron chi connectivity index (χ3n) is 6.98. The molecule has 5 rings (SSSR count). The van der Waals surface area contributed by atoms with Gasteiger partial charge in [0.2, 0.25) is 10.0 Å². The lowest BCUT2D eigenvalue weighted by Crippen LogP contribution is -2.18. The minimum absolute atomic E-state index is 0.0813. The van der Waals surface area contributed by atoms with Crippen molar-refractivity contribution in [3.05, 3.63) is 107 Å². The van der Waals surface area contributed by atoms with Crippen molar-refractivity contribution >= 4 is 10.0 Å². The quantitative estimate of drug-likeness (QED) is 0.262. The number of benzene rings is 3. The van der Waals surface area contributed by atoms with E-state index in [1.54, 1.807) is 41.2 Å². The third-order valence-corrected chi connectivity index (χ3v) is 8.39. The fraction of sp³-hybridized carbons (Fsp3) is 0.207. The first-order chi connectivity index (χ1) is 19.4. The first-order valence-electron chi connectivity index (χ1n) is 12.7. The molecule has 0 saturated carbocycles. The van der Waals surface area contributed by atoms with Gasteiger partial charge in [-0.15, -0.1) is 5.10 Å². The van der Waals surface area contributed by atoms with Crippen molar-refractivity contribution in [2.24, 2.45) is 0 Å². The second-order valence-electron chi connectivity index (χ2n) is 9.68. The molecule has 12 heteroatoms. The number of halogens is 3. The summed E-state index contributed by atoms with van der Waals surface area (Å²) in [6.07, 6.45) is -2.04. The SMILES string of the molecule is CNS(=O)(=O)c1cccc(-c2ccc(-n3cc(C(F)(F)F)nc3C)c(-n3nncc3C(C)c3ccc(C)cc3)c2)c1. The zero-order chi connectivity index (χ0) is 29.5. The number of nitrogens with one attached hydrogen (secondary N) is 1. The first-order valence-corrected chi connectivity index (χ1v) is 14.2. The minimum Gasteiger partial charge on any atom is -0.301 e. The van der Waals surface area contributed by atoms with E-state index in [4.69, 9.17) is 0 Å². The first kappa shape index (κ1) is 28.2. The molecule has 0 aliphatic heterocycles. The Hall–Kier alpha value is -4.29. The van der Waals surface area contributed by atoms with Crippen LogP contribution in [-0.4, -0.2) is 40.0 Å². The maximum atomic E-state index is 13.5. The molecule has 0 amide bonds. The highest BCUT2D eigenvalue weighted by Gasteiger charge is 2.35. The van der Waals surface area contributed by atoms with Gasteiger partial charge in [-0.2, -0.15) is 13.2 Å². The Morgan fingerprint density at radius 3 is 2.29 bits per heavy atom. The van der Waals surface area contributed by atoms with E-state index in [9.17, 15) is 21.6 Å². The van der Waals surface area contributed by atoms with Crippen LogP contribution in [0.4, 0.5) is 13.2 Å². The molecule has 0 spiro atoms. The fourth-order valence-electron chi connectivity index (χ4n) is 4.64. The Morgan fingerprint density at radius 2 is 1.63 bits per heavy atom. The molecule has 0 aliphatic rings. The summed E-state index contributed by atoms with van der Waals surface area (Å²) in [7, 11) is -2.37. The van der Waals surface area contributed by atoms with Crippen LogP contribution in [0.1, 0.15) is 41.2 Å². The van der Waals surface area contributed by atoms with Crippen LogP contribution in [0.3, 0.4) is 0 Å². The number of sulfonamides is 1. The number of hydrogen-bond acceptors (Lipinski definition) is 5. The van der Waals surface area contributed by atoms with Crippen molar-refractivity contribution < 1.29 is 21.6 Å². The Kier molecular flexibility index (Phi) is 7.30. The topological polar surface area (TPSA) is 94.7 Å². The maximum Gasteiger partial charge on any atom is 0.434 e. The van der Waals surface area contributed by atoms with Crippen molar-refractivity contribution in [1.82, 2.24) is 29.3 Å². The van der Waals surface area contributed by atoms with E-state index in [0.29, 0.717) is 28.2 Å². The molecule has 2 heterocycles. The zero-order valence-electron chi connectivity index (χ0n) is 22.7. The van der Waals surface area contributed by atoms with Gasteiger partial charge in [0, 0.05) is 12.1 Å². The lowest BCUT2D eigenvalue weighted by atomic mass is 9.97. The summed E-state index contributed by atoms with van der Waals surface area (Å²) in [6, 6.07) is 19.6. The maximum absolute atomic E-state index is 13.5. The van der Waals surface area contributed by atoms with Gasteiger partial charge in [-0.25, -0.2) is 22.8 Å². The Labute approximate surface area is 235 Å². The predicted octanol–water partition coefficient (Wildman–Crippen LogP) is 5.82. The molecule has 8 nitrogen and oxygen atoms in total. The molecule has 2 aromatic heterocycles. The minimum atomic E-state index is -4.62. The molecule has 5 aromatic rings. The number of rotatable bonds is 7. The van der Waals surface area contributed by atoms with Crippen molar-refractivity contribution in [3.8, 4) is 22.5 Å². The highest BCUT2D eigenvalue weighted by Crippen LogP contribution is 2.34. The molecule has 3 aromatic carbocycles. The van der Waals surface area contributed by atoms with Crippen LogP contribution >= 0.6 is 0 Å². The summed E-state index contributed by atoms with van der Waals surface area (Å²) in [4.78, 5) is 3.82. The summed E-state index contributed by atoms with van der Waals surface area (Å²) in [5.41, 5.74) is 3.91. The molecule has 212 valence electrons. The van der Waals surface area contributed by atoms with E-state index in [0.717, 1.165) is 17.3 Å². The van der Waals surface area contributed by atoms with Gasteiger partial charge in [0.05, 0.1) is 28.2 Å². The standard InChI is InChI=1S/C29H27F3N6O2S/c1-18-8-10-21(11-9-18)19(2)27-16-34-36-38(27)26-15-23(22-6-5-7-24(14-22)41(39,40)33-4)12-13-25(26)37-17-28(29(30,31)32)35-20(37)3/h5-17,19,33H,1-4H3. The molecular weight excluding hydrogens is 553 g/mol. The number of hydrogen-bond donors (Lipinski definition) is 1. The van der Waals surface area contributed by atoms with Gasteiger partial charge in [0.1, 0.15) is 5.82 Å². The van der Waals surface area contributed by atoms with E-state index < -0.39 is 21.9 Å². The summed E-state index contributed by atoms with van der Waals surface area (Å²) < 4.78 is 70.8. The average Bonchev–Trinajstić information content (AvgIpc) is 3.60. The number of aryl methyl sites for hydroxylation is 2. The molecule has 0 aliphatic carbocycles. The molecule has 1 unspecified atom stereocenters. The summed E-state index contributed by atoms with van der Waals surface area (Å²) in [5.74, 6) is -0.0116. The second-order valence-corrected chi connectivity index (χ2v) is 11.6. The molecular formula is C29H27F3N6O2S. The monoisotopic (exact) mass is 580 g/mol. The fourth-order valence-corrected chi connectivity index (χ4v) is 5.42. The van der Waals surface area contributed by atoms with E-state index in [-0.39, 0.29) is 16.6 Å². The number of nitrogens with zero attached hydrogens (tertiary/aromatic N) is 5. The molecule has 1 atom stereocenters. The van der Waals surface area contributed by atoms with Crippen molar-refractivity contribution in [2.45, 2.75) is 37.8 Å². The number of imidazole rings is 1. The van der Waals surface area contributed by atoms with Crippen molar-refractivity contribution in [1.29, 1.82) is 0 Å². The Bertz CT molecular complexity index is 1830. The van der Waals surface area contributed by atoms with Crippen LogP contribution in [-0.2, 0) is 16.2 Å². The highest BCUT2D eigenvalue weighted by atomic mass is 32.2. The van der Waals surface area contributed by atoms with E-state index in [1.807, 2.05) is 38.1 Å². The molecule has 0 radical (unpaired) electrons. The normalized spacial score (nSPS) is 13.0. The summed E-state index contributed by atoms with van der Waals surface area (Å²) in [5, 5.41) is 8.48. The second kappa shape index (κ2) is 10.6. The molecule has 0 fully saturated rings. The molecule has 1 N–H and O–H groups in total. The van der Waals surface area contributed by atoms with Gasteiger partial charge in [0.25, 0.3) is 0 Å². The average molecular weight is 581 g/mol. The molecule has 0 bridgehead atoms. The van der Waals surface area contributed by atoms with Crippen molar-refractivity contribution in [3.63, 3.8) is 0 Å². The molecule has 0 saturated heterocycles. The number of aromatic nitrogens is 5. The lowest BCUT2D eigenvalue weighted by Gasteiger charge is -2.18. The molecule has 41 heavy (non-hydrogen) atoms. The van der Waals surface area contributed by atoms with Crippen LogP contribution in [0.25, 0.3) is 22.5 Å². The van der Waals surface area contributed by atoms with Gasteiger partial charge < -0.3 is 4.57 Å². The van der Waals surface area contributed by atoms with Gasteiger partial charge in [-0.3, -0.25) is 0 Å². The van der Waals surface area contributed by atoms with Gasteiger partial charge >= 0.3 is 6.18 Å². The van der Waals surface area contributed by atoms with E-state index in [2.05, 4.69) is 20.0 Å². The van der Waals surface area contributed by atoms with Crippen LogP contribution in [0.15, 0.2) is 84.0 Å². The largest absolute Gasteiger partial charge is 0.434 e. The van der Waals surface area contributed by atoms with Crippen LogP contribution < -0.4 is 4.72 Å². The smallest absolute Gasteiger partial charge is 0.301 e. The summed E-state index contributed by atoms with van der Waals surface area (Å²) in [6.45, 7) is 5.49. The third kappa shape index (κ3) is 5.52. The number of alkyl halides is 3. The Balaban J connectivity index is 1.71. The van der Waals surface area contributed by atoms with E-state index in [1.165, 1.54) is 30.7 Å². The van der Waals surface area contributed by atoms with Gasteiger partial charge in [-0.05, 0) is 61.9 Å².